The Morgan fingerprint density at radius 2 is 2.00 bits per heavy atom. The monoisotopic (exact) mass is 278 g/mol. The van der Waals surface area contributed by atoms with E-state index in [0.717, 1.165) is 34.5 Å². The standard InChI is InChI=1S/C17H18N4/c1-11-5-6-19-9-13(11)10-20-17-7-12(2)21-16-4-3-14(18)8-15(16)17/h3-9H,10,18H2,1-2H3,(H,20,21). The summed E-state index contributed by atoms with van der Waals surface area (Å²) >= 11 is 0. The smallest absolute Gasteiger partial charge is 0.0727 e. The van der Waals surface area contributed by atoms with E-state index in [-0.39, 0.29) is 0 Å². The second-order valence-corrected chi connectivity index (χ2v) is 5.24. The fraction of sp³-hybridized carbons (Fsp3) is 0.176. The van der Waals surface area contributed by atoms with Crippen LogP contribution in [0.5, 0.6) is 0 Å². The molecular weight excluding hydrogens is 260 g/mol. The van der Waals surface area contributed by atoms with Gasteiger partial charge < -0.3 is 11.1 Å². The van der Waals surface area contributed by atoms with Crippen LogP contribution in [0.3, 0.4) is 0 Å². The van der Waals surface area contributed by atoms with E-state index < -0.39 is 0 Å². The van der Waals surface area contributed by atoms with Gasteiger partial charge in [0.05, 0.1) is 5.52 Å². The topological polar surface area (TPSA) is 63.8 Å². The normalized spacial score (nSPS) is 10.8. The molecule has 0 atom stereocenters. The van der Waals surface area contributed by atoms with Crippen LogP contribution < -0.4 is 11.1 Å². The first-order chi connectivity index (χ1) is 10.1. The van der Waals surface area contributed by atoms with Crippen molar-refractivity contribution in [3.63, 3.8) is 0 Å². The molecule has 0 radical (unpaired) electrons. The van der Waals surface area contributed by atoms with Crippen LogP contribution in [0.2, 0.25) is 0 Å². The van der Waals surface area contributed by atoms with Gasteiger partial charge in [-0.25, -0.2) is 0 Å². The highest BCUT2D eigenvalue weighted by atomic mass is 14.9. The lowest BCUT2D eigenvalue weighted by Gasteiger charge is -2.12. The largest absolute Gasteiger partial charge is 0.399 e. The first-order valence-corrected chi connectivity index (χ1v) is 6.94. The van der Waals surface area contributed by atoms with E-state index in [1.807, 2.05) is 49.6 Å². The molecule has 0 unspecified atom stereocenters. The van der Waals surface area contributed by atoms with Crippen molar-refractivity contribution in [2.24, 2.45) is 0 Å². The number of fused-ring (bicyclic) bond motifs is 1. The van der Waals surface area contributed by atoms with Gasteiger partial charge in [-0.15, -0.1) is 0 Å². The van der Waals surface area contributed by atoms with Gasteiger partial charge in [0.15, 0.2) is 0 Å². The summed E-state index contributed by atoms with van der Waals surface area (Å²) < 4.78 is 0. The number of hydrogen-bond donors (Lipinski definition) is 2. The number of nitrogens with two attached hydrogens (primary N) is 1. The zero-order chi connectivity index (χ0) is 14.8. The lowest BCUT2D eigenvalue weighted by Crippen LogP contribution is -2.03. The number of hydrogen-bond acceptors (Lipinski definition) is 4. The third-order valence-corrected chi connectivity index (χ3v) is 3.58. The molecule has 0 aliphatic heterocycles. The van der Waals surface area contributed by atoms with Crippen molar-refractivity contribution in [3.05, 3.63) is 59.5 Å². The molecule has 3 N–H and O–H groups in total. The summed E-state index contributed by atoms with van der Waals surface area (Å²) in [5, 5.41) is 4.52. The van der Waals surface area contributed by atoms with E-state index in [9.17, 15) is 0 Å². The lowest BCUT2D eigenvalue weighted by molar-refractivity contribution is 1.08. The zero-order valence-corrected chi connectivity index (χ0v) is 12.2. The summed E-state index contributed by atoms with van der Waals surface area (Å²) in [6, 6.07) is 9.86. The predicted octanol–water partition coefficient (Wildman–Crippen LogP) is 3.44. The minimum absolute atomic E-state index is 0.729. The van der Waals surface area contributed by atoms with Crippen LogP contribution in [0.4, 0.5) is 11.4 Å². The highest BCUT2D eigenvalue weighted by Crippen LogP contribution is 2.25. The Kier molecular flexibility index (Phi) is 3.44. The number of pyridine rings is 2. The summed E-state index contributed by atoms with van der Waals surface area (Å²) in [5.41, 5.74) is 12.0. The van der Waals surface area contributed by atoms with Crippen LogP contribution in [0.1, 0.15) is 16.8 Å². The van der Waals surface area contributed by atoms with Gasteiger partial charge in [-0.2, -0.15) is 0 Å². The molecule has 21 heavy (non-hydrogen) atoms. The van der Waals surface area contributed by atoms with Crippen LogP contribution in [0, 0.1) is 13.8 Å². The maximum absolute atomic E-state index is 5.90. The highest BCUT2D eigenvalue weighted by molar-refractivity contribution is 5.93. The Morgan fingerprint density at radius 3 is 2.81 bits per heavy atom. The van der Waals surface area contributed by atoms with Crippen LogP contribution in [0.25, 0.3) is 10.9 Å². The number of aromatic nitrogens is 2. The minimum atomic E-state index is 0.729. The number of rotatable bonds is 3. The molecule has 4 nitrogen and oxygen atoms in total. The van der Waals surface area contributed by atoms with Crippen molar-refractivity contribution >= 4 is 22.3 Å². The van der Waals surface area contributed by atoms with Gasteiger partial charge in [-0.3, -0.25) is 9.97 Å². The molecule has 3 aromatic rings. The van der Waals surface area contributed by atoms with Gasteiger partial charge in [0.2, 0.25) is 0 Å². The molecule has 0 aliphatic carbocycles. The molecule has 0 amide bonds. The Morgan fingerprint density at radius 1 is 1.14 bits per heavy atom. The van der Waals surface area contributed by atoms with Gasteiger partial charge >= 0.3 is 0 Å². The van der Waals surface area contributed by atoms with Crippen LogP contribution in [-0.2, 0) is 6.54 Å². The van der Waals surface area contributed by atoms with Crippen molar-refractivity contribution in [1.29, 1.82) is 0 Å². The molecule has 0 saturated heterocycles. The highest BCUT2D eigenvalue weighted by Gasteiger charge is 2.05. The summed E-state index contributed by atoms with van der Waals surface area (Å²) in [7, 11) is 0. The molecule has 0 fully saturated rings. The fourth-order valence-electron chi connectivity index (χ4n) is 2.39. The fourth-order valence-corrected chi connectivity index (χ4v) is 2.39. The molecule has 4 heteroatoms. The number of nitrogens with zero attached hydrogens (tertiary/aromatic N) is 2. The zero-order valence-electron chi connectivity index (χ0n) is 12.2. The van der Waals surface area contributed by atoms with Crippen LogP contribution in [0.15, 0.2) is 42.7 Å². The first kappa shape index (κ1) is 13.4. The molecule has 1 aromatic carbocycles. The lowest BCUT2D eigenvalue weighted by atomic mass is 10.1. The second kappa shape index (κ2) is 5.40. The van der Waals surface area contributed by atoms with Crippen LogP contribution in [-0.4, -0.2) is 9.97 Å². The molecule has 0 saturated carbocycles. The average molecular weight is 278 g/mol. The quantitative estimate of drug-likeness (QED) is 0.720. The van der Waals surface area contributed by atoms with Crippen molar-refractivity contribution in [2.75, 3.05) is 11.1 Å². The Labute approximate surface area is 124 Å². The minimum Gasteiger partial charge on any atom is -0.399 e. The van der Waals surface area contributed by atoms with Crippen LogP contribution >= 0.6 is 0 Å². The molecule has 106 valence electrons. The summed E-state index contributed by atoms with van der Waals surface area (Å²) in [6.07, 6.45) is 3.71. The van der Waals surface area contributed by atoms with Crippen molar-refractivity contribution < 1.29 is 0 Å². The number of aryl methyl sites for hydroxylation is 2. The van der Waals surface area contributed by atoms with Crippen molar-refractivity contribution in [2.45, 2.75) is 20.4 Å². The molecule has 2 heterocycles. The summed E-state index contributed by atoms with van der Waals surface area (Å²) in [4.78, 5) is 8.72. The summed E-state index contributed by atoms with van der Waals surface area (Å²) in [5.74, 6) is 0. The third kappa shape index (κ3) is 2.79. The van der Waals surface area contributed by atoms with Gasteiger partial charge in [-0.1, -0.05) is 0 Å². The van der Waals surface area contributed by atoms with E-state index in [2.05, 4.69) is 22.2 Å². The van der Waals surface area contributed by atoms with Gasteiger partial charge in [-0.05, 0) is 55.3 Å². The summed E-state index contributed by atoms with van der Waals surface area (Å²) in [6.45, 7) is 4.82. The second-order valence-electron chi connectivity index (χ2n) is 5.24. The Hall–Kier alpha value is -2.62. The first-order valence-electron chi connectivity index (χ1n) is 6.94. The van der Waals surface area contributed by atoms with Crippen molar-refractivity contribution in [1.82, 2.24) is 9.97 Å². The van der Waals surface area contributed by atoms with E-state index in [1.165, 1.54) is 11.1 Å². The third-order valence-electron chi connectivity index (χ3n) is 3.58. The number of anilines is 2. The predicted molar refractivity (Wildman–Crippen MR) is 87.2 cm³/mol. The molecular formula is C17H18N4. The van der Waals surface area contributed by atoms with Crippen molar-refractivity contribution in [3.8, 4) is 0 Å². The molecule has 0 spiro atoms. The number of nitrogens with one attached hydrogen (secondary N) is 1. The van der Waals surface area contributed by atoms with Gasteiger partial charge in [0, 0.05) is 41.4 Å². The van der Waals surface area contributed by atoms with E-state index in [0.29, 0.717) is 0 Å². The Bertz CT molecular complexity index is 796. The maximum atomic E-state index is 5.90. The Balaban J connectivity index is 1.96. The molecule has 0 aliphatic rings. The van der Waals surface area contributed by atoms with Gasteiger partial charge in [0.1, 0.15) is 0 Å². The SMILES string of the molecule is Cc1cc(NCc2cnccc2C)c2cc(N)ccc2n1. The molecule has 2 aromatic heterocycles. The number of nitrogen functional groups attached to an aromatic ring is 1. The number of benzene rings is 1. The van der Waals surface area contributed by atoms with E-state index in [1.54, 1.807) is 0 Å². The maximum Gasteiger partial charge on any atom is 0.0727 e. The molecule has 3 rings (SSSR count). The van der Waals surface area contributed by atoms with E-state index in [4.69, 9.17) is 5.73 Å². The van der Waals surface area contributed by atoms with E-state index >= 15 is 0 Å². The average Bonchev–Trinajstić information content (AvgIpc) is 2.47. The molecule has 0 bridgehead atoms. The van der Waals surface area contributed by atoms with Gasteiger partial charge in [0.25, 0.3) is 0 Å².